The number of esters is 1. The molecule has 1 aromatic heterocycles. The summed E-state index contributed by atoms with van der Waals surface area (Å²) in [6.45, 7) is 1.83. The van der Waals surface area contributed by atoms with Gasteiger partial charge in [0.1, 0.15) is 0 Å². The molecule has 0 atom stereocenters. The van der Waals surface area contributed by atoms with Gasteiger partial charge in [0.15, 0.2) is 5.69 Å². The number of hydrogen-bond donors (Lipinski definition) is 0. The van der Waals surface area contributed by atoms with Gasteiger partial charge >= 0.3 is 5.97 Å². The smallest absolute Gasteiger partial charge is 0.356 e. The summed E-state index contributed by atoms with van der Waals surface area (Å²) >= 11 is 5.84. The molecule has 0 aliphatic rings. The third-order valence-electron chi connectivity index (χ3n) is 2.63. The number of carbonyl (C=O) groups excluding carboxylic acids is 1. The first-order valence-electron chi connectivity index (χ1n) is 5.42. The predicted molar refractivity (Wildman–Crippen MR) is 70.8 cm³/mol. The summed E-state index contributed by atoms with van der Waals surface area (Å²) in [5.74, 6) is -0.421. The number of carbonyl (C=O) groups is 1. The van der Waals surface area contributed by atoms with Crippen LogP contribution in [0.15, 0.2) is 36.5 Å². The van der Waals surface area contributed by atoms with E-state index in [1.807, 2.05) is 37.3 Å². The fourth-order valence-electron chi connectivity index (χ4n) is 1.69. The highest BCUT2D eigenvalue weighted by molar-refractivity contribution is 6.30. The Hall–Kier alpha value is -1.87. The Morgan fingerprint density at radius 1 is 1.22 bits per heavy atom. The quantitative estimate of drug-likeness (QED) is 0.777. The van der Waals surface area contributed by atoms with Crippen molar-refractivity contribution in [3.63, 3.8) is 0 Å². The second-order valence-corrected chi connectivity index (χ2v) is 4.32. The van der Waals surface area contributed by atoms with Gasteiger partial charge < -0.3 is 4.74 Å². The number of nitrogens with zero attached hydrogens (tertiary/aromatic N) is 1. The topological polar surface area (TPSA) is 39.2 Å². The van der Waals surface area contributed by atoms with Crippen molar-refractivity contribution in [2.75, 3.05) is 7.11 Å². The van der Waals surface area contributed by atoms with Gasteiger partial charge in [-0.2, -0.15) is 0 Å². The van der Waals surface area contributed by atoms with Gasteiger partial charge in [0.05, 0.1) is 7.11 Å². The van der Waals surface area contributed by atoms with E-state index < -0.39 is 5.97 Å². The number of ether oxygens (including phenoxy) is 1. The highest BCUT2D eigenvalue weighted by atomic mass is 35.5. The van der Waals surface area contributed by atoms with Crippen molar-refractivity contribution in [1.82, 2.24) is 4.98 Å². The molecule has 4 heteroatoms. The van der Waals surface area contributed by atoms with E-state index in [0.717, 1.165) is 16.7 Å². The predicted octanol–water partition coefficient (Wildman–Crippen LogP) is 3.50. The molecule has 18 heavy (non-hydrogen) atoms. The SMILES string of the molecule is COC(=O)c1ncc(-c2ccc(Cl)cc2)cc1C. The Bertz CT molecular complexity index is 579. The van der Waals surface area contributed by atoms with Crippen molar-refractivity contribution in [2.45, 2.75) is 6.92 Å². The standard InChI is InChI=1S/C14H12ClNO2/c1-9-7-11(8-16-13(9)14(17)18-2)10-3-5-12(15)6-4-10/h3-8H,1-2H3. The van der Waals surface area contributed by atoms with Crippen LogP contribution in [-0.2, 0) is 4.74 Å². The number of hydrogen-bond acceptors (Lipinski definition) is 3. The molecule has 0 saturated heterocycles. The number of benzene rings is 1. The molecule has 1 heterocycles. The molecule has 0 bridgehead atoms. The van der Waals surface area contributed by atoms with Gasteiger partial charge in [0.25, 0.3) is 0 Å². The van der Waals surface area contributed by atoms with E-state index in [1.165, 1.54) is 7.11 Å². The maximum atomic E-state index is 11.4. The van der Waals surface area contributed by atoms with Crippen LogP contribution >= 0.6 is 11.6 Å². The maximum absolute atomic E-state index is 11.4. The molecule has 0 radical (unpaired) electrons. The summed E-state index contributed by atoms with van der Waals surface area (Å²) in [5, 5.41) is 0.689. The van der Waals surface area contributed by atoms with Crippen molar-refractivity contribution in [3.05, 3.63) is 52.8 Å². The molecule has 0 N–H and O–H groups in total. The minimum Gasteiger partial charge on any atom is -0.464 e. The zero-order valence-corrected chi connectivity index (χ0v) is 10.9. The first kappa shape index (κ1) is 12.6. The van der Waals surface area contributed by atoms with Crippen LogP contribution in [-0.4, -0.2) is 18.1 Å². The van der Waals surface area contributed by atoms with Crippen molar-refractivity contribution >= 4 is 17.6 Å². The van der Waals surface area contributed by atoms with E-state index in [9.17, 15) is 4.79 Å². The van der Waals surface area contributed by atoms with Crippen LogP contribution in [0.5, 0.6) is 0 Å². The lowest BCUT2D eigenvalue weighted by molar-refractivity contribution is 0.0593. The Morgan fingerprint density at radius 2 is 1.89 bits per heavy atom. The van der Waals surface area contributed by atoms with Gasteiger partial charge in [-0.05, 0) is 36.2 Å². The number of rotatable bonds is 2. The third-order valence-corrected chi connectivity index (χ3v) is 2.89. The Morgan fingerprint density at radius 3 is 2.44 bits per heavy atom. The molecular weight excluding hydrogens is 250 g/mol. The average Bonchev–Trinajstić information content (AvgIpc) is 2.38. The zero-order valence-electron chi connectivity index (χ0n) is 10.1. The lowest BCUT2D eigenvalue weighted by atomic mass is 10.1. The van der Waals surface area contributed by atoms with Gasteiger partial charge in [0, 0.05) is 16.8 Å². The molecule has 0 saturated carbocycles. The lowest BCUT2D eigenvalue weighted by Gasteiger charge is -2.06. The molecule has 2 rings (SSSR count). The van der Waals surface area contributed by atoms with Crippen LogP contribution in [0.25, 0.3) is 11.1 Å². The number of pyridine rings is 1. The van der Waals surface area contributed by atoms with Crippen LogP contribution in [0.4, 0.5) is 0 Å². The molecule has 92 valence electrons. The van der Waals surface area contributed by atoms with Crippen molar-refractivity contribution in [2.24, 2.45) is 0 Å². The van der Waals surface area contributed by atoms with Crippen LogP contribution in [0.3, 0.4) is 0 Å². The van der Waals surface area contributed by atoms with Gasteiger partial charge in [-0.3, -0.25) is 0 Å². The van der Waals surface area contributed by atoms with Crippen LogP contribution in [0, 0.1) is 6.92 Å². The van der Waals surface area contributed by atoms with E-state index in [1.54, 1.807) is 6.20 Å². The number of aryl methyl sites for hydroxylation is 1. The molecule has 0 aliphatic heterocycles. The largest absolute Gasteiger partial charge is 0.464 e. The monoisotopic (exact) mass is 261 g/mol. The summed E-state index contributed by atoms with van der Waals surface area (Å²) in [6.07, 6.45) is 1.66. The average molecular weight is 262 g/mol. The Balaban J connectivity index is 2.40. The normalized spacial score (nSPS) is 10.2. The van der Waals surface area contributed by atoms with Crippen molar-refractivity contribution < 1.29 is 9.53 Å². The molecule has 0 unspecified atom stereocenters. The number of aromatic nitrogens is 1. The zero-order chi connectivity index (χ0) is 13.1. The van der Waals surface area contributed by atoms with Gasteiger partial charge in [-0.25, -0.2) is 9.78 Å². The van der Waals surface area contributed by atoms with Crippen molar-refractivity contribution in [3.8, 4) is 11.1 Å². The Kier molecular flexibility index (Phi) is 3.63. The van der Waals surface area contributed by atoms with Crippen LogP contribution < -0.4 is 0 Å². The van der Waals surface area contributed by atoms with Gasteiger partial charge in [-0.15, -0.1) is 0 Å². The molecule has 1 aromatic carbocycles. The molecule has 0 aliphatic carbocycles. The number of halogens is 1. The molecular formula is C14H12ClNO2. The second-order valence-electron chi connectivity index (χ2n) is 3.89. The van der Waals surface area contributed by atoms with E-state index >= 15 is 0 Å². The first-order valence-corrected chi connectivity index (χ1v) is 5.80. The van der Waals surface area contributed by atoms with E-state index in [-0.39, 0.29) is 0 Å². The summed E-state index contributed by atoms with van der Waals surface area (Å²) < 4.78 is 4.66. The van der Waals surface area contributed by atoms with Crippen molar-refractivity contribution in [1.29, 1.82) is 0 Å². The summed E-state index contributed by atoms with van der Waals surface area (Å²) in [5.41, 5.74) is 3.08. The van der Waals surface area contributed by atoms with E-state index in [4.69, 9.17) is 11.6 Å². The van der Waals surface area contributed by atoms with Crippen LogP contribution in [0.1, 0.15) is 16.1 Å². The minimum absolute atomic E-state index is 0.343. The summed E-state index contributed by atoms with van der Waals surface area (Å²) in [6, 6.07) is 9.37. The maximum Gasteiger partial charge on any atom is 0.356 e. The molecule has 0 amide bonds. The summed E-state index contributed by atoms with van der Waals surface area (Å²) in [4.78, 5) is 15.6. The molecule has 0 fully saturated rings. The first-order chi connectivity index (χ1) is 8.61. The highest BCUT2D eigenvalue weighted by Crippen LogP contribution is 2.22. The fraction of sp³-hybridized carbons (Fsp3) is 0.143. The fourth-order valence-corrected chi connectivity index (χ4v) is 1.81. The van der Waals surface area contributed by atoms with E-state index in [0.29, 0.717) is 10.7 Å². The van der Waals surface area contributed by atoms with E-state index in [2.05, 4.69) is 9.72 Å². The van der Waals surface area contributed by atoms with Gasteiger partial charge in [0.2, 0.25) is 0 Å². The van der Waals surface area contributed by atoms with Crippen LogP contribution in [0.2, 0.25) is 5.02 Å². The highest BCUT2D eigenvalue weighted by Gasteiger charge is 2.11. The molecule has 3 nitrogen and oxygen atoms in total. The Labute approximate surface area is 110 Å². The third kappa shape index (κ3) is 2.51. The minimum atomic E-state index is -0.421. The number of methoxy groups -OCH3 is 1. The lowest BCUT2D eigenvalue weighted by Crippen LogP contribution is -2.06. The molecule has 2 aromatic rings. The summed E-state index contributed by atoms with van der Waals surface area (Å²) in [7, 11) is 1.34. The second kappa shape index (κ2) is 5.19. The van der Waals surface area contributed by atoms with Gasteiger partial charge in [-0.1, -0.05) is 23.7 Å². The molecule has 0 spiro atoms.